The molecule has 0 bridgehead atoms. The van der Waals surface area contributed by atoms with Gasteiger partial charge in [-0.15, -0.1) is 0 Å². The molecular formula is C16H20O2. The second kappa shape index (κ2) is 6.26. The fourth-order valence-electron chi connectivity index (χ4n) is 1.82. The smallest absolute Gasteiger partial charge is 0.317 e. The van der Waals surface area contributed by atoms with Gasteiger partial charge in [-0.2, -0.15) is 0 Å². The lowest BCUT2D eigenvalue weighted by atomic mass is 9.94. The van der Waals surface area contributed by atoms with E-state index >= 15 is 0 Å². The van der Waals surface area contributed by atoms with Gasteiger partial charge in [0.1, 0.15) is 6.42 Å². The molecule has 18 heavy (non-hydrogen) atoms. The van der Waals surface area contributed by atoms with E-state index in [4.69, 9.17) is 4.74 Å². The third-order valence-corrected chi connectivity index (χ3v) is 3.12. The van der Waals surface area contributed by atoms with Crippen LogP contribution >= 0.6 is 0 Å². The molecule has 0 saturated carbocycles. The number of esters is 1. The molecule has 0 aliphatic carbocycles. The minimum Gasteiger partial charge on any atom is -0.465 e. The fraction of sp³-hybridized carbons (Fsp3) is 0.438. The van der Waals surface area contributed by atoms with E-state index in [0.29, 0.717) is 6.61 Å². The molecule has 96 valence electrons. The molecule has 0 saturated heterocycles. The van der Waals surface area contributed by atoms with Gasteiger partial charge in [-0.3, -0.25) is 4.79 Å². The van der Waals surface area contributed by atoms with Crippen LogP contribution in [0.2, 0.25) is 0 Å². The third-order valence-electron chi connectivity index (χ3n) is 3.12. The van der Waals surface area contributed by atoms with Crippen molar-refractivity contribution in [1.82, 2.24) is 0 Å². The first-order valence-electron chi connectivity index (χ1n) is 6.19. The molecule has 0 unspecified atom stereocenters. The maximum absolute atomic E-state index is 11.2. The Morgan fingerprint density at radius 3 is 2.22 bits per heavy atom. The summed E-state index contributed by atoms with van der Waals surface area (Å²) < 4.78 is 4.85. The molecule has 1 rings (SSSR count). The van der Waals surface area contributed by atoms with Crippen molar-refractivity contribution in [2.75, 3.05) is 6.61 Å². The molecule has 0 fully saturated rings. The molecular weight excluding hydrogens is 224 g/mol. The van der Waals surface area contributed by atoms with Crippen molar-refractivity contribution in [2.45, 2.75) is 41.0 Å². The molecule has 0 amide bonds. The number of carbonyl (C=O) groups is 1. The maximum Gasteiger partial charge on any atom is 0.317 e. The van der Waals surface area contributed by atoms with Gasteiger partial charge < -0.3 is 4.74 Å². The molecule has 1 aromatic carbocycles. The number of aryl methyl sites for hydroxylation is 2. The summed E-state index contributed by atoms with van der Waals surface area (Å²) in [6.07, 6.45) is 0.152. The van der Waals surface area contributed by atoms with Crippen LogP contribution in [0.5, 0.6) is 0 Å². The van der Waals surface area contributed by atoms with Gasteiger partial charge in [-0.1, -0.05) is 17.9 Å². The zero-order chi connectivity index (χ0) is 13.7. The van der Waals surface area contributed by atoms with Crippen molar-refractivity contribution in [3.63, 3.8) is 0 Å². The second-order valence-corrected chi connectivity index (χ2v) is 4.42. The third kappa shape index (κ3) is 3.37. The van der Waals surface area contributed by atoms with Crippen LogP contribution in [0.15, 0.2) is 6.07 Å². The lowest BCUT2D eigenvalue weighted by Gasteiger charge is -2.10. The SMILES string of the molecule is CCOC(=O)CC#Cc1c(C)c(C)cc(C)c1C. The summed E-state index contributed by atoms with van der Waals surface area (Å²) in [5.41, 5.74) is 5.89. The summed E-state index contributed by atoms with van der Waals surface area (Å²) in [7, 11) is 0. The van der Waals surface area contributed by atoms with Crippen molar-refractivity contribution < 1.29 is 9.53 Å². The minimum absolute atomic E-state index is 0.152. The van der Waals surface area contributed by atoms with Crippen molar-refractivity contribution >= 4 is 5.97 Å². The predicted octanol–water partition coefficient (Wildman–Crippen LogP) is 3.22. The highest BCUT2D eigenvalue weighted by Gasteiger charge is 2.06. The summed E-state index contributed by atoms with van der Waals surface area (Å²) in [6.45, 7) is 10.5. The maximum atomic E-state index is 11.2. The first-order valence-corrected chi connectivity index (χ1v) is 6.19. The highest BCUT2D eigenvalue weighted by molar-refractivity contribution is 5.72. The molecule has 1 aromatic rings. The first kappa shape index (κ1) is 14.3. The van der Waals surface area contributed by atoms with Gasteiger partial charge in [0.05, 0.1) is 6.61 Å². The average Bonchev–Trinajstić information content (AvgIpc) is 2.31. The quantitative estimate of drug-likeness (QED) is 0.590. The summed E-state index contributed by atoms with van der Waals surface area (Å²) >= 11 is 0. The van der Waals surface area contributed by atoms with Crippen LogP contribution in [0, 0.1) is 39.5 Å². The summed E-state index contributed by atoms with van der Waals surface area (Å²) in [5.74, 6) is 5.74. The van der Waals surface area contributed by atoms with E-state index < -0.39 is 0 Å². The van der Waals surface area contributed by atoms with E-state index in [0.717, 1.165) is 5.56 Å². The van der Waals surface area contributed by atoms with Gasteiger partial charge in [0.25, 0.3) is 0 Å². The molecule has 0 spiro atoms. The van der Waals surface area contributed by atoms with Crippen LogP contribution in [0.4, 0.5) is 0 Å². The summed E-state index contributed by atoms with van der Waals surface area (Å²) in [5, 5.41) is 0. The molecule has 0 heterocycles. The second-order valence-electron chi connectivity index (χ2n) is 4.42. The number of hydrogen-bond donors (Lipinski definition) is 0. The number of carbonyl (C=O) groups excluding carboxylic acids is 1. The number of ether oxygens (including phenoxy) is 1. The van der Waals surface area contributed by atoms with Gasteiger partial charge in [-0.25, -0.2) is 0 Å². The first-order chi connectivity index (χ1) is 8.47. The zero-order valence-electron chi connectivity index (χ0n) is 11.8. The Hall–Kier alpha value is -1.75. The Labute approximate surface area is 109 Å². The lowest BCUT2D eigenvalue weighted by molar-refractivity contribution is -0.141. The molecule has 2 heteroatoms. The highest BCUT2D eigenvalue weighted by Crippen LogP contribution is 2.20. The Bertz CT molecular complexity index is 490. The zero-order valence-corrected chi connectivity index (χ0v) is 11.8. The molecule has 0 N–H and O–H groups in total. The molecule has 0 aromatic heterocycles. The topological polar surface area (TPSA) is 26.3 Å². The molecule has 0 aliphatic rings. The van der Waals surface area contributed by atoms with Crippen molar-refractivity contribution in [3.8, 4) is 11.8 Å². The van der Waals surface area contributed by atoms with E-state index in [1.165, 1.54) is 22.3 Å². The van der Waals surface area contributed by atoms with E-state index in [1.807, 2.05) is 0 Å². The fourth-order valence-corrected chi connectivity index (χ4v) is 1.82. The van der Waals surface area contributed by atoms with Crippen molar-refractivity contribution in [3.05, 3.63) is 33.9 Å². The van der Waals surface area contributed by atoms with Gasteiger partial charge >= 0.3 is 5.97 Å². The van der Waals surface area contributed by atoms with E-state index in [9.17, 15) is 4.79 Å². The van der Waals surface area contributed by atoms with Gasteiger partial charge in [0.2, 0.25) is 0 Å². The highest BCUT2D eigenvalue weighted by atomic mass is 16.5. The molecule has 0 radical (unpaired) electrons. The Balaban J connectivity index is 2.98. The average molecular weight is 244 g/mol. The number of benzene rings is 1. The van der Waals surface area contributed by atoms with Crippen LogP contribution in [-0.2, 0) is 9.53 Å². The van der Waals surface area contributed by atoms with Crippen molar-refractivity contribution in [1.29, 1.82) is 0 Å². The number of rotatable bonds is 2. The normalized spacial score (nSPS) is 9.61. The minimum atomic E-state index is -0.260. The molecule has 0 atom stereocenters. The Morgan fingerprint density at radius 1 is 1.17 bits per heavy atom. The van der Waals surface area contributed by atoms with Crippen LogP contribution in [0.25, 0.3) is 0 Å². The Morgan fingerprint density at radius 2 is 1.72 bits per heavy atom. The lowest BCUT2D eigenvalue weighted by Crippen LogP contribution is -2.02. The molecule has 2 nitrogen and oxygen atoms in total. The van der Waals surface area contributed by atoms with E-state index in [1.54, 1.807) is 6.92 Å². The molecule has 0 aliphatic heterocycles. The summed E-state index contributed by atoms with van der Waals surface area (Å²) in [4.78, 5) is 11.2. The standard InChI is InChI=1S/C16H20O2/c1-6-18-16(17)9-7-8-15-13(4)11(2)10-12(3)14(15)5/h10H,6,9H2,1-5H3. The largest absolute Gasteiger partial charge is 0.465 e. The van der Waals surface area contributed by atoms with Crippen LogP contribution in [0.1, 0.15) is 41.2 Å². The van der Waals surface area contributed by atoms with E-state index in [-0.39, 0.29) is 12.4 Å². The monoisotopic (exact) mass is 244 g/mol. The van der Waals surface area contributed by atoms with Crippen LogP contribution in [0.3, 0.4) is 0 Å². The van der Waals surface area contributed by atoms with Crippen LogP contribution in [-0.4, -0.2) is 12.6 Å². The number of hydrogen-bond acceptors (Lipinski definition) is 2. The van der Waals surface area contributed by atoms with Crippen molar-refractivity contribution in [2.24, 2.45) is 0 Å². The van der Waals surface area contributed by atoms with Gasteiger partial charge in [0, 0.05) is 5.56 Å². The predicted molar refractivity (Wildman–Crippen MR) is 73.5 cm³/mol. The van der Waals surface area contributed by atoms with Crippen LogP contribution < -0.4 is 0 Å². The van der Waals surface area contributed by atoms with E-state index in [2.05, 4.69) is 45.6 Å². The Kier molecular flexibility index (Phi) is 4.97. The summed E-state index contributed by atoms with van der Waals surface area (Å²) in [6, 6.07) is 2.17. The van der Waals surface area contributed by atoms with Gasteiger partial charge in [0.15, 0.2) is 0 Å². The van der Waals surface area contributed by atoms with Gasteiger partial charge in [-0.05, 0) is 56.9 Å².